The highest BCUT2D eigenvalue weighted by Crippen LogP contribution is 2.28. The number of carbonyl (C=O) groups excluding carboxylic acids is 1. The second-order valence-corrected chi connectivity index (χ2v) is 6.43. The number of ether oxygens (including phenoxy) is 2. The first-order chi connectivity index (χ1) is 11.2. The van der Waals surface area contributed by atoms with Gasteiger partial charge in [0.1, 0.15) is 0 Å². The molecule has 3 heterocycles. The minimum atomic E-state index is -0.141. The Morgan fingerprint density at radius 2 is 2.00 bits per heavy atom. The maximum atomic E-state index is 13.0. The number of nitrogens with zero attached hydrogens (tertiary/aromatic N) is 2. The Morgan fingerprint density at radius 1 is 1.22 bits per heavy atom. The molecular formula is C18H22N2O3. The lowest BCUT2D eigenvalue weighted by Crippen LogP contribution is -2.43. The Morgan fingerprint density at radius 3 is 2.83 bits per heavy atom. The lowest BCUT2D eigenvalue weighted by atomic mass is 9.96. The molecule has 4 rings (SSSR count). The fourth-order valence-electron chi connectivity index (χ4n) is 3.75. The topological polar surface area (TPSA) is 43.7 Å². The Labute approximate surface area is 135 Å². The third kappa shape index (κ3) is 2.64. The number of para-hydroxylation sites is 1. The van der Waals surface area contributed by atoms with Gasteiger partial charge in [0.15, 0.2) is 6.29 Å². The Hall–Kier alpha value is -1.85. The second-order valence-electron chi connectivity index (χ2n) is 6.43. The Balaban J connectivity index is 1.57. The molecule has 1 unspecified atom stereocenters. The number of aromatic nitrogens is 1. The number of hydrogen-bond acceptors (Lipinski definition) is 3. The van der Waals surface area contributed by atoms with Crippen molar-refractivity contribution in [3.63, 3.8) is 0 Å². The maximum absolute atomic E-state index is 13.0. The molecule has 2 saturated heterocycles. The van der Waals surface area contributed by atoms with Crippen LogP contribution in [0.3, 0.4) is 0 Å². The summed E-state index contributed by atoms with van der Waals surface area (Å²) in [5.74, 6) is 0.398. The quantitative estimate of drug-likeness (QED) is 0.855. The van der Waals surface area contributed by atoms with Crippen LogP contribution in [-0.4, -0.2) is 48.0 Å². The number of likely N-dealkylation sites (tertiary alicyclic amines) is 1. The number of rotatable bonds is 2. The molecule has 0 spiro atoms. The summed E-state index contributed by atoms with van der Waals surface area (Å²) in [5.41, 5.74) is 1.88. The van der Waals surface area contributed by atoms with Gasteiger partial charge < -0.3 is 18.9 Å². The zero-order valence-electron chi connectivity index (χ0n) is 13.4. The third-order valence-electron chi connectivity index (χ3n) is 4.90. The molecule has 5 nitrogen and oxygen atoms in total. The van der Waals surface area contributed by atoms with E-state index < -0.39 is 0 Å². The monoisotopic (exact) mass is 314 g/mol. The van der Waals surface area contributed by atoms with E-state index in [9.17, 15) is 4.79 Å². The molecule has 1 atom stereocenters. The van der Waals surface area contributed by atoms with Gasteiger partial charge in [-0.2, -0.15) is 0 Å². The molecule has 2 aromatic rings. The van der Waals surface area contributed by atoms with E-state index in [4.69, 9.17) is 9.47 Å². The summed E-state index contributed by atoms with van der Waals surface area (Å²) in [6, 6.07) is 8.05. The minimum absolute atomic E-state index is 0.115. The standard InChI is InChI=1S/C18H22N2O3/c1-19-12-15(14-6-2-3-7-16(14)19)17(21)20-8-4-5-13(11-20)18-22-9-10-23-18/h2-3,6-7,12-13,18H,4-5,8-11H2,1H3. The molecule has 0 saturated carbocycles. The van der Waals surface area contributed by atoms with E-state index in [-0.39, 0.29) is 18.1 Å². The fraction of sp³-hybridized carbons (Fsp3) is 0.500. The third-order valence-corrected chi connectivity index (χ3v) is 4.90. The first-order valence-corrected chi connectivity index (χ1v) is 8.30. The minimum Gasteiger partial charge on any atom is -0.350 e. The lowest BCUT2D eigenvalue weighted by Gasteiger charge is -2.34. The van der Waals surface area contributed by atoms with Gasteiger partial charge in [0.2, 0.25) is 0 Å². The normalized spacial score (nSPS) is 22.8. The highest BCUT2D eigenvalue weighted by Gasteiger charge is 2.33. The van der Waals surface area contributed by atoms with Crippen LogP contribution >= 0.6 is 0 Å². The summed E-state index contributed by atoms with van der Waals surface area (Å²) in [4.78, 5) is 15.0. The number of piperidine rings is 1. The predicted molar refractivity (Wildman–Crippen MR) is 87.2 cm³/mol. The van der Waals surface area contributed by atoms with E-state index in [1.54, 1.807) is 0 Å². The van der Waals surface area contributed by atoms with Gasteiger partial charge >= 0.3 is 0 Å². The van der Waals surface area contributed by atoms with Gasteiger partial charge in [0, 0.05) is 43.2 Å². The van der Waals surface area contributed by atoms with Crippen LogP contribution < -0.4 is 0 Å². The number of hydrogen-bond donors (Lipinski definition) is 0. The Bertz CT molecular complexity index is 718. The number of fused-ring (bicyclic) bond motifs is 1. The average Bonchev–Trinajstić information content (AvgIpc) is 3.23. The molecule has 2 fully saturated rings. The molecule has 0 bridgehead atoms. The number of amides is 1. The largest absolute Gasteiger partial charge is 0.350 e. The van der Waals surface area contributed by atoms with Gasteiger partial charge in [-0.3, -0.25) is 4.79 Å². The molecule has 1 aromatic carbocycles. The van der Waals surface area contributed by atoms with Gasteiger partial charge in [-0.25, -0.2) is 0 Å². The van der Waals surface area contributed by atoms with Crippen LogP contribution in [0.4, 0.5) is 0 Å². The van der Waals surface area contributed by atoms with E-state index >= 15 is 0 Å². The van der Waals surface area contributed by atoms with Crippen LogP contribution in [0.25, 0.3) is 10.9 Å². The molecule has 1 amide bonds. The molecule has 122 valence electrons. The zero-order chi connectivity index (χ0) is 15.8. The molecule has 1 aromatic heterocycles. The summed E-state index contributed by atoms with van der Waals surface area (Å²) in [5, 5.41) is 1.02. The van der Waals surface area contributed by atoms with Crippen molar-refractivity contribution in [2.75, 3.05) is 26.3 Å². The van der Waals surface area contributed by atoms with Crippen LogP contribution in [0, 0.1) is 5.92 Å². The van der Waals surface area contributed by atoms with E-state index in [1.807, 2.05) is 47.0 Å². The zero-order valence-corrected chi connectivity index (χ0v) is 13.4. The molecular weight excluding hydrogens is 292 g/mol. The lowest BCUT2D eigenvalue weighted by molar-refractivity contribution is -0.0969. The van der Waals surface area contributed by atoms with Gasteiger partial charge in [-0.05, 0) is 18.9 Å². The molecule has 2 aliphatic heterocycles. The van der Waals surface area contributed by atoms with Crippen LogP contribution in [0.1, 0.15) is 23.2 Å². The number of aryl methyl sites for hydroxylation is 1. The smallest absolute Gasteiger partial charge is 0.256 e. The van der Waals surface area contributed by atoms with Crippen molar-refractivity contribution < 1.29 is 14.3 Å². The molecule has 2 aliphatic rings. The van der Waals surface area contributed by atoms with Gasteiger partial charge in [-0.15, -0.1) is 0 Å². The Kier molecular flexibility index (Phi) is 3.83. The van der Waals surface area contributed by atoms with Gasteiger partial charge in [-0.1, -0.05) is 18.2 Å². The van der Waals surface area contributed by atoms with E-state index in [0.717, 1.165) is 35.9 Å². The van der Waals surface area contributed by atoms with Crippen LogP contribution in [0.15, 0.2) is 30.5 Å². The SMILES string of the molecule is Cn1cc(C(=O)N2CCCC(C3OCCO3)C2)c2ccccc21. The highest BCUT2D eigenvalue weighted by atomic mass is 16.7. The molecule has 0 aliphatic carbocycles. The van der Waals surface area contributed by atoms with E-state index in [2.05, 4.69) is 0 Å². The number of carbonyl (C=O) groups is 1. The predicted octanol–water partition coefficient (Wildman–Crippen LogP) is 2.40. The van der Waals surface area contributed by atoms with E-state index in [1.165, 1.54) is 0 Å². The summed E-state index contributed by atoms with van der Waals surface area (Å²) in [6.07, 6.45) is 3.87. The van der Waals surface area contributed by atoms with Crippen molar-refractivity contribution in [2.45, 2.75) is 19.1 Å². The van der Waals surface area contributed by atoms with Crippen molar-refractivity contribution in [2.24, 2.45) is 13.0 Å². The summed E-state index contributed by atoms with van der Waals surface area (Å²) in [6.45, 7) is 2.86. The summed E-state index contributed by atoms with van der Waals surface area (Å²) in [7, 11) is 1.98. The molecule has 23 heavy (non-hydrogen) atoms. The number of benzene rings is 1. The highest BCUT2D eigenvalue weighted by molar-refractivity contribution is 6.07. The first-order valence-electron chi connectivity index (χ1n) is 8.30. The van der Waals surface area contributed by atoms with Crippen molar-refractivity contribution in [3.05, 3.63) is 36.0 Å². The van der Waals surface area contributed by atoms with E-state index in [0.29, 0.717) is 19.8 Å². The molecule has 0 N–H and O–H groups in total. The van der Waals surface area contributed by atoms with Crippen LogP contribution in [0.2, 0.25) is 0 Å². The first kappa shape index (κ1) is 14.7. The summed E-state index contributed by atoms with van der Waals surface area (Å²) < 4.78 is 13.3. The van der Waals surface area contributed by atoms with Gasteiger partial charge in [0.05, 0.1) is 18.8 Å². The van der Waals surface area contributed by atoms with Crippen molar-refractivity contribution in [1.82, 2.24) is 9.47 Å². The van der Waals surface area contributed by atoms with Crippen LogP contribution in [0.5, 0.6) is 0 Å². The van der Waals surface area contributed by atoms with Crippen molar-refractivity contribution >= 4 is 16.8 Å². The molecule has 5 heteroatoms. The maximum Gasteiger partial charge on any atom is 0.256 e. The second kappa shape index (κ2) is 5.98. The van der Waals surface area contributed by atoms with Crippen molar-refractivity contribution in [3.8, 4) is 0 Å². The fourth-order valence-corrected chi connectivity index (χ4v) is 3.75. The molecule has 0 radical (unpaired) electrons. The summed E-state index contributed by atoms with van der Waals surface area (Å²) >= 11 is 0. The average molecular weight is 314 g/mol. The van der Waals surface area contributed by atoms with Crippen molar-refractivity contribution in [1.29, 1.82) is 0 Å². The van der Waals surface area contributed by atoms with Gasteiger partial charge in [0.25, 0.3) is 5.91 Å². The van der Waals surface area contributed by atoms with Crippen LogP contribution in [-0.2, 0) is 16.5 Å².